The minimum atomic E-state index is -0.698. The lowest BCUT2D eigenvalue weighted by Crippen LogP contribution is -2.40. The van der Waals surface area contributed by atoms with Crippen molar-refractivity contribution in [3.8, 4) is 11.5 Å². The number of phenols is 1. The first-order chi connectivity index (χ1) is 11.0. The molecule has 2 aromatic rings. The van der Waals surface area contributed by atoms with Crippen LogP contribution >= 0.6 is 0 Å². The van der Waals surface area contributed by atoms with Crippen molar-refractivity contribution in [3.05, 3.63) is 54.1 Å². The van der Waals surface area contributed by atoms with Gasteiger partial charge in [-0.25, -0.2) is 0 Å². The molecular weight excluding hydrogens is 296 g/mol. The molecule has 0 saturated carbocycles. The van der Waals surface area contributed by atoms with Crippen LogP contribution in [0.2, 0.25) is 0 Å². The number of likely N-dealkylation sites (N-methyl/N-ethyl adjacent to an activating group) is 1. The molecule has 0 aliphatic heterocycles. The van der Waals surface area contributed by atoms with E-state index < -0.39 is 11.8 Å². The summed E-state index contributed by atoms with van der Waals surface area (Å²) in [4.78, 5) is 25.3. The summed E-state index contributed by atoms with van der Waals surface area (Å²) >= 11 is 0. The molecule has 0 heterocycles. The third-order valence-corrected chi connectivity index (χ3v) is 3.35. The molecule has 6 nitrogen and oxygen atoms in total. The number of carbonyl (C=O) groups excluding carboxylic acids is 2. The van der Waals surface area contributed by atoms with Gasteiger partial charge in [0, 0.05) is 19.3 Å². The number of carbonyl (C=O) groups is 2. The number of methoxy groups -OCH3 is 1. The van der Waals surface area contributed by atoms with Crippen molar-refractivity contribution in [2.24, 2.45) is 0 Å². The van der Waals surface area contributed by atoms with E-state index in [4.69, 9.17) is 4.74 Å². The summed E-state index contributed by atoms with van der Waals surface area (Å²) in [6.45, 7) is 0.248. The van der Waals surface area contributed by atoms with Crippen molar-refractivity contribution in [3.63, 3.8) is 0 Å². The Morgan fingerprint density at radius 2 is 1.70 bits per heavy atom. The molecule has 2 aromatic carbocycles. The second-order valence-corrected chi connectivity index (χ2v) is 4.91. The van der Waals surface area contributed by atoms with Gasteiger partial charge in [0.05, 0.1) is 7.11 Å². The van der Waals surface area contributed by atoms with Crippen LogP contribution in [0.5, 0.6) is 11.5 Å². The van der Waals surface area contributed by atoms with Crippen LogP contribution in [0.1, 0.15) is 5.56 Å². The minimum Gasteiger partial charge on any atom is -0.508 e. The summed E-state index contributed by atoms with van der Waals surface area (Å²) in [7, 11) is 3.08. The molecule has 2 N–H and O–H groups in total. The Bertz CT molecular complexity index is 681. The molecule has 0 unspecified atom stereocenters. The minimum absolute atomic E-state index is 0.0959. The predicted octanol–water partition coefficient (Wildman–Crippen LogP) is 1.68. The monoisotopic (exact) mass is 314 g/mol. The van der Waals surface area contributed by atoms with Crippen LogP contribution in [-0.2, 0) is 16.1 Å². The number of rotatable bonds is 4. The van der Waals surface area contributed by atoms with Gasteiger partial charge in [-0.05, 0) is 42.0 Å². The number of nitrogens with zero attached hydrogens (tertiary/aromatic N) is 1. The second kappa shape index (κ2) is 7.31. The maximum atomic E-state index is 12.1. The van der Waals surface area contributed by atoms with E-state index in [1.807, 2.05) is 12.1 Å². The predicted molar refractivity (Wildman–Crippen MR) is 86.4 cm³/mol. The third-order valence-electron chi connectivity index (χ3n) is 3.35. The molecule has 6 heteroatoms. The number of amides is 2. The van der Waals surface area contributed by atoms with Gasteiger partial charge >= 0.3 is 11.8 Å². The highest BCUT2D eigenvalue weighted by Gasteiger charge is 2.19. The number of aromatic hydroxyl groups is 1. The average molecular weight is 314 g/mol. The Balaban J connectivity index is 1.93. The molecule has 0 radical (unpaired) electrons. The van der Waals surface area contributed by atoms with Crippen molar-refractivity contribution in [2.45, 2.75) is 6.54 Å². The number of hydrogen-bond donors (Lipinski definition) is 2. The first kappa shape index (κ1) is 16.4. The van der Waals surface area contributed by atoms with Gasteiger partial charge in [0.15, 0.2) is 0 Å². The molecule has 2 amide bonds. The van der Waals surface area contributed by atoms with E-state index in [0.29, 0.717) is 5.69 Å². The van der Waals surface area contributed by atoms with Crippen LogP contribution in [0, 0.1) is 0 Å². The van der Waals surface area contributed by atoms with Crippen LogP contribution in [-0.4, -0.2) is 31.1 Å². The van der Waals surface area contributed by atoms with E-state index in [1.54, 1.807) is 31.4 Å². The van der Waals surface area contributed by atoms with Crippen LogP contribution < -0.4 is 15.0 Å². The summed E-state index contributed by atoms with van der Waals surface area (Å²) in [5.74, 6) is -0.553. The van der Waals surface area contributed by atoms with Gasteiger partial charge in [0.2, 0.25) is 0 Å². The van der Waals surface area contributed by atoms with Gasteiger partial charge in [0.25, 0.3) is 0 Å². The quantitative estimate of drug-likeness (QED) is 0.842. The number of benzene rings is 2. The Kier molecular flexibility index (Phi) is 5.19. The van der Waals surface area contributed by atoms with E-state index in [1.165, 1.54) is 24.1 Å². The smallest absolute Gasteiger partial charge is 0.316 e. The van der Waals surface area contributed by atoms with Gasteiger partial charge in [-0.15, -0.1) is 0 Å². The normalized spacial score (nSPS) is 10.0. The van der Waals surface area contributed by atoms with E-state index in [0.717, 1.165) is 11.3 Å². The zero-order valence-corrected chi connectivity index (χ0v) is 12.9. The fraction of sp³-hybridized carbons (Fsp3) is 0.176. The zero-order valence-electron chi connectivity index (χ0n) is 12.9. The zero-order chi connectivity index (χ0) is 16.8. The van der Waals surface area contributed by atoms with E-state index >= 15 is 0 Å². The Hall–Kier alpha value is -3.02. The summed E-state index contributed by atoms with van der Waals surface area (Å²) in [6, 6.07) is 13.2. The fourth-order valence-electron chi connectivity index (χ4n) is 1.95. The SMILES string of the molecule is COc1ccc(CNC(=O)C(=O)N(C)c2ccc(O)cc2)cc1. The van der Waals surface area contributed by atoms with Crippen LogP contribution in [0.25, 0.3) is 0 Å². The number of nitrogens with one attached hydrogen (secondary N) is 1. The molecule has 0 aliphatic carbocycles. The Labute approximate surface area is 134 Å². The second-order valence-electron chi connectivity index (χ2n) is 4.91. The standard InChI is InChI=1S/C17H18N2O4/c1-19(13-5-7-14(20)8-6-13)17(22)16(21)18-11-12-3-9-15(23-2)10-4-12/h3-10,20H,11H2,1-2H3,(H,18,21). The largest absolute Gasteiger partial charge is 0.508 e. The molecule has 0 aliphatic rings. The maximum Gasteiger partial charge on any atom is 0.316 e. The molecule has 0 atom stereocenters. The molecule has 120 valence electrons. The van der Waals surface area contributed by atoms with Crippen LogP contribution in [0.4, 0.5) is 5.69 Å². The van der Waals surface area contributed by atoms with Crippen molar-refractivity contribution in [2.75, 3.05) is 19.1 Å². The lowest BCUT2D eigenvalue weighted by atomic mass is 10.2. The van der Waals surface area contributed by atoms with Gasteiger partial charge in [-0.1, -0.05) is 12.1 Å². The van der Waals surface area contributed by atoms with Crippen molar-refractivity contribution in [1.82, 2.24) is 5.32 Å². The lowest BCUT2D eigenvalue weighted by molar-refractivity contribution is -0.137. The van der Waals surface area contributed by atoms with Crippen molar-refractivity contribution >= 4 is 17.5 Å². The number of anilines is 1. The summed E-state index contributed by atoms with van der Waals surface area (Å²) in [5, 5.41) is 11.8. The van der Waals surface area contributed by atoms with Gasteiger partial charge in [-0.2, -0.15) is 0 Å². The third kappa shape index (κ3) is 4.23. The number of phenolic OH excluding ortho intramolecular Hbond substituents is 1. The maximum absolute atomic E-state index is 12.1. The summed E-state index contributed by atoms with van der Waals surface area (Å²) in [6.07, 6.45) is 0. The summed E-state index contributed by atoms with van der Waals surface area (Å²) < 4.78 is 5.06. The van der Waals surface area contributed by atoms with Gasteiger partial charge in [0.1, 0.15) is 11.5 Å². The van der Waals surface area contributed by atoms with Gasteiger partial charge in [-0.3, -0.25) is 9.59 Å². The van der Waals surface area contributed by atoms with Crippen LogP contribution in [0.3, 0.4) is 0 Å². The lowest BCUT2D eigenvalue weighted by Gasteiger charge is -2.16. The fourth-order valence-corrected chi connectivity index (χ4v) is 1.95. The highest BCUT2D eigenvalue weighted by molar-refractivity contribution is 6.40. The Morgan fingerprint density at radius 3 is 2.26 bits per heavy atom. The first-order valence-electron chi connectivity index (χ1n) is 6.99. The topological polar surface area (TPSA) is 78.9 Å². The number of ether oxygens (including phenoxy) is 1. The van der Waals surface area contributed by atoms with E-state index in [9.17, 15) is 14.7 Å². The van der Waals surface area contributed by atoms with Crippen LogP contribution in [0.15, 0.2) is 48.5 Å². The first-order valence-corrected chi connectivity index (χ1v) is 6.99. The van der Waals surface area contributed by atoms with Crippen molar-refractivity contribution < 1.29 is 19.4 Å². The Morgan fingerprint density at radius 1 is 1.09 bits per heavy atom. The van der Waals surface area contributed by atoms with E-state index in [2.05, 4.69) is 5.32 Å². The molecule has 0 fully saturated rings. The number of hydrogen-bond acceptors (Lipinski definition) is 4. The van der Waals surface area contributed by atoms with Gasteiger partial charge < -0.3 is 20.1 Å². The van der Waals surface area contributed by atoms with E-state index in [-0.39, 0.29) is 12.3 Å². The molecule has 0 saturated heterocycles. The summed E-state index contributed by atoms with van der Waals surface area (Å²) in [5.41, 5.74) is 1.38. The highest BCUT2D eigenvalue weighted by Crippen LogP contribution is 2.17. The molecule has 23 heavy (non-hydrogen) atoms. The molecule has 0 aromatic heterocycles. The molecular formula is C17H18N2O4. The average Bonchev–Trinajstić information content (AvgIpc) is 2.59. The highest BCUT2D eigenvalue weighted by atomic mass is 16.5. The molecule has 2 rings (SSSR count). The molecule has 0 spiro atoms. The van der Waals surface area contributed by atoms with Crippen molar-refractivity contribution in [1.29, 1.82) is 0 Å². The molecule has 0 bridgehead atoms.